The normalized spacial score (nSPS) is 26.9. The van der Waals surface area contributed by atoms with Crippen LogP contribution in [0.4, 0.5) is 0 Å². The van der Waals surface area contributed by atoms with Gasteiger partial charge in [0.05, 0.1) is 5.54 Å². The molecule has 21 heavy (non-hydrogen) atoms. The first-order valence-electron chi connectivity index (χ1n) is 7.51. The van der Waals surface area contributed by atoms with Gasteiger partial charge in [0.1, 0.15) is 6.17 Å². The molecule has 2 atom stereocenters. The van der Waals surface area contributed by atoms with Crippen molar-refractivity contribution < 1.29 is 4.79 Å². The van der Waals surface area contributed by atoms with E-state index in [0.717, 1.165) is 6.42 Å². The van der Waals surface area contributed by atoms with E-state index >= 15 is 0 Å². The first kappa shape index (κ1) is 16.5. The summed E-state index contributed by atoms with van der Waals surface area (Å²) < 4.78 is 0. The highest BCUT2D eigenvalue weighted by molar-refractivity contribution is 7.10. The lowest BCUT2D eigenvalue weighted by Gasteiger charge is -2.38. The third kappa shape index (κ3) is 3.00. The first-order valence-corrected chi connectivity index (χ1v) is 8.39. The Hall–Kier alpha value is -0.910. The molecule has 118 valence electrons. The summed E-state index contributed by atoms with van der Waals surface area (Å²) in [5.41, 5.74) is -0.525. The van der Waals surface area contributed by atoms with E-state index in [4.69, 9.17) is 0 Å². The van der Waals surface area contributed by atoms with Crippen molar-refractivity contribution in [3.05, 3.63) is 22.4 Å². The van der Waals surface area contributed by atoms with E-state index in [0.29, 0.717) is 6.54 Å². The molecule has 5 heteroatoms. The lowest BCUT2D eigenvalue weighted by molar-refractivity contribution is -0.134. The molecule has 1 N–H and O–H groups in total. The van der Waals surface area contributed by atoms with Crippen molar-refractivity contribution in [1.82, 2.24) is 15.1 Å². The number of nitrogens with one attached hydrogen (secondary N) is 1. The van der Waals surface area contributed by atoms with Gasteiger partial charge < -0.3 is 9.80 Å². The van der Waals surface area contributed by atoms with Gasteiger partial charge in [0.2, 0.25) is 5.91 Å². The Morgan fingerprint density at radius 2 is 2.14 bits per heavy atom. The SMILES string of the molecule is CCC1(C)NC(c2cccs2)N(CC(C)(C)N(C)C)C1=O. The van der Waals surface area contributed by atoms with Crippen molar-refractivity contribution in [3.8, 4) is 0 Å². The first-order chi connectivity index (χ1) is 9.71. The lowest BCUT2D eigenvalue weighted by atomic mass is 9.98. The van der Waals surface area contributed by atoms with E-state index in [1.165, 1.54) is 4.88 Å². The standard InChI is InChI=1S/C16H27N3OS/c1-7-16(4)14(20)19(11-15(2,3)18(5)6)13(17-16)12-9-8-10-21-12/h8-10,13,17H,7,11H2,1-6H3. The molecule has 0 aliphatic carbocycles. The van der Waals surface area contributed by atoms with Gasteiger partial charge in [0.25, 0.3) is 0 Å². The third-order valence-corrected chi connectivity index (χ3v) is 5.71. The second-order valence-corrected chi connectivity index (χ2v) is 7.87. The van der Waals surface area contributed by atoms with Crippen LogP contribution in [0.1, 0.15) is 45.2 Å². The molecule has 4 nitrogen and oxygen atoms in total. The molecule has 2 heterocycles. The van der Waals surface area contributed by atoms with Crippen molar-refractivity contribution >= 4 is 17.2 Å². The number of nitrogens with zero attached hydrogens (tertiary/aromatic N) is 2. The Morgan fingerprint density at radius 1 is 1.48 bits per heavy atom. The van der Waals surface area contributed by atoms with Gasteiger partial charge >= 0.3 is 0 Å². The van der Waals surface area contributed by atoms with Crippen molar-refractivity contribution in [2.45, 2.75) is 51.4 Å². The van der Waals surface area contributed by atoms with Gasteiger partial charge in [-0.25, -0.2) is 0 Å². The summed E-state index contributed by atoms with van der Waals surface area (Å²) in [5, 5.41) is 5.62. The number of hydrogen-bond acceptors (Lipinski definition) is 4. The average Bonchev–Trinajstić information content (AvgIpc) is 3.01. The second kappa shape index (κ2) is 5.71. The minimum atomic E-state index is -0.461. The number of carbonyl (C=O) groups is 1. The highest BCUT2D eigenvalue weighted by atomic mass is 32.1. The Labute approximate surface area is 132 Å². The molecule has 1 aromatic rings. The van der Waals surface area contributed by atoms with E-state index in [1.54, 1.807) is 11.3 Å². The van der Waals surface area contributed by atoms with Crippen LogP contribution >= 0.6 is 11.3 Å². The molecule has 2 rings (SSSR count). The third-order valence-electron chi connectivity index (χ3n) is 4.79. The molecular formula is C16H27N3OS. The summed E-state index contributed by atoms with van der Waals surface area (Å²) in [5.74, 6) is 0.207. The fourth-order valence-corrected chi connectivity index (χ4v) is 3.31. The number of hydrogen-bond donors (Lipinski definition) is 1. The van der Waals surface area contributed by atoms with Crippen molar-refractivity contribution in [1.29, 1.82) is 0 Å². The smallest absolute Gasteiger partial charge is 0.244 e. The van der Waals surface area contributed by atoms with E-state index < -0.39 is 5.54 Å². The van der Waals surface area contributed by atoms with Crippen LogP contribution in [0, 0.1) is 0 Å². The Morgan fingerprint density at radius 3 is 2.62 bits per heavy atom. The zero-order valence-corrected chi connectivity index (χ0v) is 14.8. The predicted molar refractivity (Wildman–Crippen MR) is 88.4 cm³/mol. The summed E-state index contributed by atoms with van der Waals surface area (Å²) in [6.45, 7) is 9.14. The molecule has 0 saturated carbocycles. The van der Waals surface area contributed by atoms with Crippen LogP contribution in [0.5, 0.6) is 0 Å². The van der Waals surface area contributed by atoms with E-state index in [9.17, 15) is 4.79 Å². The zero-order valence-electron chi connectivity index (χ0n) is 13.9. The fourth-order valence-electron chi connectivity index (χ4n) is 2.52. The van der Waals surface area contributed by atoms with Gasteiger partial charge in [-0.15, -0.1) is 11.3 Å². The highest BCUT2D eigenvalue weighted by Gasteiger charge is 2.48. The zero-order chi connectivity index (χ0) is 15.8. The largest absolute Gasteiger partial charge is 0.319 e. The minimum Gasteiger partial charge on any atom is -0.319 e. The molecule has 0 radical (unpaired) electrons. The van der Waals surface area contributed by atoms with E-state index in [-0.39, 0.29) is 17.6 Å². The van der Waals surface area contributed by atoms with Gasteiger partial charge in [-0.1, -0.05) is 13.0 Å². The quantitative estimate of drug-likeness (QED) is 0.908. The van der Waals surface area contributed by atoms with Crippen LogP contribution in [-0.2, 0) is 4.79 Å². The van der Waals surface area contributed by atoms with Crippen LogP contribution in [0.25, 0.3) is 0 Å². The molecule has 1 aliphatic heterocycles. The Bertz CT molecular complexity index is 498. The molecule has 1 aliphatic rings. The van der Waals surface area contributed by atoms with Crippen molar-refractivity contribution in [2.75, 3.05) is 20.6 Å². The summed E-state index contributed by atoms with van der Waals surface area (Å²) in [6, 6.07) is 4.15. The maximum absolute atomic E-state index is 12.9. The molecule has 1 aromatic heterocycles. The summed E-state index contributed by atoms with van der Waals surface area (Å²) in [4.78, 5) is 18.3. The number of thiophene rings is 1. The molecule has 0 bridgehead atoms. The van der Waals surface area contributed by atoms with Gasteiger partial charge in [0.15, 0.2) is 0 Å². The van der Waals surface area contributed by atoms with E-state index in [2.05, 4.69) is 56.5 Å². The number of amides is 1. The summed E-state index contributed by atoms with van der Waals surface area (Å²) in [7, 11) is 4.13. The predicted octanol–water partition coefficient (Wildman–Crippen LogP) is 2.69. The second-order valence-electron chi connectivity index (χ2n) is 6.89. The minimum absolute atomic E-state index is 0.0123. The van der Waals surface area contributed by atoms with Gasteiger partial charge in [-0.2, -0.15) is 0 Å². The topological polar surface area (TPSA) is 35.6 Å². The van der Waals surface area contributed by atoms with Crippen LogP contribution < -0.4 is 5.32 Å². The van der Waals surface area contributed by atoms with Gasteiger partial charge in [-0.3, -0.25) is 10.1 Å². The van der Waals surface area contributed by atoms with Crippen molar-refractivity contribution in [3.63, 3.8) is 0 Å². The molecular weight excluding hydrogens is 282 g/mol. The molecule has 1 saturated heterocycles. The molecule has 0 aromatic carbocycles. The fraction of sp³-hybridized carbons (Fsp3) is 0.688. The van der Waals surface area contributed by atoms with Gasteiger partial charge in [0, 0.05) is 17.0 Å². The summed E-state index contributed by atoms with van der Waals surface area (Å²) in [6.07, 6.45) is 0.786. The number of carbonyl (C=O) groups excluding carboxylic acids is 1. The summed E-state index contributed by atoms with van der Waals surface area (Å²) >= 11 is 1.70. The maximum atomic E-state index is 12.9. The average molecular weight is 309 g/mol. The number of rotatable bonds is 5. The van der Waals surface area contributed by atoms with Crippen LogP contribution in [-0.4, -0.2) is 47.4 Å². The van der Waals surface area contributed by atoms with Gasteiger partial charge in [-0.05, 0) is 52.7 Å². The van der Waals surface area contributed by atoms with E-state index in [1.807, 2.05) is 17.9 Å². The molecule has 2 unspecified atom stereocenters. The number of likely N-dealkylation sites (N-methyl/N-ethyl adjacent to an activating group) is 1. The highest BCUT2D eigenvalue weighted by Crippen LogP contribution is 2.35. The molecule has 1 amide bonds. The molecule has 1 fully saturated rings. The van der Waals surface area contributed by atoms with Crippen LogP contribution in [0.2, 0.25) is 0 Å². The monoisotopic (exact) mass is 309 g/mol. The van der Waals surface area contributed by atoms with Crippen LogP contribution in [0.3, 0.4) is 0 Å². The molecule has 0 spiro atoms. The Kier molecular flexibility index (Phi) is 4.47. The lowest BCUT2D eigenvalue weighted by Crippen LogP contribution is -2.50. The maximum Gasteiger partial charge on any atom is 0.244 e. The van der Waals surface area contributed by atoms with Crippen molar-refractivity contribution in [2.24, 2.45) is 0 Å². The van der Waals surface area contributed by atoms with Crippen LogP contribution in [0.15, 0.2) is 17.5 Å². The Balaban J connectivity index is 2.32.